The number of hydrogen-bond acceptors (Lipinski definition) is 8. The van der Waals surface area contributed by atoms with Crippen LogP contribution in [0.4, 0.5) is 11.5 Å². The number of methoxy groups -OCH3 is 1. The number of amides is 1. The molecule has 1 aromatic carbocycles. The van der Waals surface area contributed by atoms with Gasteiger partial charge in [0, 0.05) is 45.1 Å². The number of thiocarbonyl (C=S) groups is 1. The van der Waals surface area contributed by atoms with E-state index < -0.39 is 0 Å². The van der Waals surface area contributed by atoms with Crippen molar-refractivity contribution in [2.75, 3.05) is 50.1 Å². The quantitative estimate of drug-likeness (QED) is 0.394. The lowest BCUT2D eigenvalue weighted by Crippen LogP contribution is -2.47. The number of ether oxygens (including phenoxy) is 1. The molecule has 0 atom stereocenters. The van der Waals surface area contributed by atoms with Crippen LogP contribution in [0.5, 0.6) is 5.75 Å². The van der Waals surface area contributed by atoms with E-state index in [1.54, 1.807) is 30.8 Å². The van der Waals surface area contributed by atoms with Crippen LogP contribution >= 0.6 is 24.0 Å². The molecule has 2 fully saturated rings. The number of fused-ring (bicyclic) bond motifs is 1. The van der Waals surface area contributed by atoms with E-state index in [0.29, 0.717) is 39.3 Å². The molecule has 2 aliphatic heterocycles. The summed E-state index contributed by atoms with van der Waals surface area (Å²) in [5.74, 6) is 1.22. The van der Waals surface area contributed by atoms with E-state index >= 15 is 0 Å². The van der Waals surface area contributed by atoms with Crippen molar-refractivity contribution >= 4 is 57.4 Å². The third-order valence-corrected chi connectivity index (χ3v) is 7.83. The number of thioether (sulfide) groups is 1. The fourth-order valence-corrected chi connectivity index (χ4v) is 5.48. The fourth-order valence-electron chi connectivity index (χ4n) is 4.31. The van der Waals surface area contributed by atoms with E-state index in [1.807, 2.05) is 31.2 Å². The molecule has 1 amide bonds. The zero-order valence-corrected chi connectivity index (χ0v) is 21.4. The number of aromatic nitrogens is 2. The highest BCUT2D eigenvalue weighted by molar-refractivity contribution is 8.26. The lowest BCUT2D eigenvalue weighted by Gasteiger charge is -2.37. The van der Waals surface area contributed by atoms with Gasteiger partial charge in [-0.3, -0.25) is 18.9 Å². The number of anilines is 2. The SMILES string of the molecule is COc1ccc(N2CCN(c3nc4c(C)cccn4c(=O)c3/C=C3/SC(=S)N(C)C3=O)CC2)cc1. The molecule has 35 heavy (non-hydrogen) atoms. The molecular formula is C25H25N5O3S2. The van der Waals surface area contributed by atoms with Crippen molar-refractivity contribution in [3.05, 3.63) is 69.0 Å². The number of carbonyl (C=O) groups excluding carboxylic acids is 1. The average Bonchev–Trinajstić information content (AvgIpc) is 3.12. The van der Waals surface area contributed by atoms with Gasteiger partial charge >= 0.3 is 0 Å². The predicted octanol–water partition coefficient (Wildman–Crippen LogP) is 3.17. The van der Waals surface area contributed by atoms with Gasteiger partial charge < -0.3 is 14.5 Å². The van der Waals surface area contributed by atoms with Crippen molar-refractivity contribution in [2.24, 2.45) is 0 Å². The molecule has 180 valence electrons. The zero-order chi connectivity index (χ0) is 24.7. The van der Waals surface area contributed by atoms with Gasteiger partial charge in [-0.1, -0.05) is 30.0 Å². The van der Waals surface area contributed by atoms with Crippen molar-refractivity contribution in [1.29, 1.82) is 0 Å². The van der Waals surface area contributed by atoms with Gasteiger partial charge in [-0.2, -0.15) is 0 Å². The molecule has 0 saturated carbocycles. The summed E-state index contributed by atoms with van der Waals surface area (Å²) in [5, 5.41) is 0. The van der Waals surface area contributed by atoms with Gasteiger partial charge in [-0.25, -0.2) is 4.98 Å². The second-order valence-electron chi connectivity index (χ2n) is 8.45. The van der Waals surface area contributed by atoms with Crippen molar-refractivity contribution < 1.29 is 9.53 Å². The molecule has 0 aliphatic carbocycles. The summed E-state index contributed by atoms with van der Waals surface area (Å²) in [4.78, 5) is 37.5. The molecule has 2 aliphatic rings. The Kier molecular flexibility index (Phi) is 6.24. The Morgan fingerprint density at radius 3 is 2.37 bits per heavy atom. The Bertz CT molecular complexity index is 1410. The Morgan fingerprint density at radius 2 is 1.74 bits per heavy atom. The second kappa shape index (κ2) is 9.35. The third-order valence-electron chi connectivity index (χ3n) is 6.34. The highest BCUT2D eigenvalue weighted by Gasteiger charge is 2.30. The lowest BCUT2D eigenvalue weighted by molar-refractivity contribution is -0.121. The highest BCUT2D eigenvalue weighted by Crippen LogP contribution is 2.33. The number of benzene rings is 1. The minimum absolute atomic E-state index is 0.201. The van der Waals surface area contributed by atoms with E-state index in [4.69, 9.17) is 21.9 Å². The van der Waals surface area contributed by atoms with Crippen molar-refractivity contribution in [1.82, 2.24) is 14.3 Å². The van der Waals surface area contributed by atoms with E-state index in [9.17, 15) is 9.59 Å². The molecule has 0 spiro atoms. The number of pyridine rings is 1. The Morgan fingerprint density at radius 1 is 1.06 bits per heavy atom. The molecule has 5 rings (SSSR count). The van der Waals surface area contributed by atoms with Gasteiger partial charge in [0.05, 0.1) is 17.6 Å². The van der Waals surface area contributed by atoms with Crippen LogP contribution in [0.3, 0.4) is 0 Å². The summed E-state index contributed by atoms with van der Waals surface area (Å²) < 4.78 is 7.29. The first kappa shape index (κ1) is 23.4. The molecule has 2 saturated heterocycles. The maximum Gasteiger partial charge on any atom is 0.267 e. The summed E-state index contributed by atoms with van der Waals surface area (Å²) >= 11 is 6.48. The van der Waals surface area contributed by atoms with Crippen LogP contribution in [0.15, 0.2) is 52.3 Å². The molecule has 10 heteroatoms. The average molecular weight is 508 g/mol. The van der Waals surface area contributed by atoms with E-state index in [2.05, 4.69) is 21.9 Å². The van der Waals surface area contributed by atoms with Crippen molar-refractivity contribution in [3.8, 4) is 5.75 Å². The maximum absolute atomic E-state index is 13.6. The first-order chi connectivity index (χ1) is 16.9. The van der Waals surface area contributed by atoms with Crippen LogP contribution in [-0.4, -0.2) is 64.8 Å². The number of rotatable bonds is 4. The van der Waals surface area contributed by atoms with Crippen molar-refractivity contribution in [3.63, 3.8) is 0 Å². The molecule has 0 N–H and O–H groups in total. The number of aryl methyl sites for hydroxylation is 1. The standard InChI is InChI=1S/C25H25N5O3S2/c1-16-5-4-10-30-21(16)26-22(19(23(30)31)15-20-24(32)27(2)25(34)35-20)29-13-11-28(12-14-29)17-6-8-18(33-3)9-7-17/h4-10,15H,11-14H2,1-3H3/b20-15+. The summed E-state index contributed by atoms with van der Waals surface area (Å²) in [7, 11) is 3.30. The first-order valence-corrected chi connectivity index (χ1v) is 12.5. The third kappa shape index (κ3) is 4.28. The van der Waals surface area contributed by atoms with Gasteiger partial charge in [0.2, 0.25) is 0 Å². The number of nitrogens with zero attached hydrogens (tertiary/aromatic N) is 5. The van der Waals surface area contributed by atoms with Crippen LogP contribution in [0.25, 0.3) is 11.7 Å². The zero-order valence-electron chi connectivity index (χ0n) is 19.7. The van der Waals surface area contributed by atoms with Crippen LogP contribution in [-0.2, 0) is 4.79 Å². The Labute approximate surface area is 212 Å². The van der Waals surface area contributed by atoms with Crippen LogP contribution in [0, 0.1) is 6.92 Å². The summed E-state index contributed by atoms with van der Waals surface area (Å²) in [6.45, 7) is 4.87. The molecule has 0 unspecified atom stereocenters. The first-order valence-electron chi connectivity index (χ1n) is 11.2. The smallest absolute Gasteiger partial charge is 0.267 e. The molecule has 3 aromatic rings. The van der Waals surface area contributed by atoms with Crippen LogP contribution < -0.4 is 20.1 Å². The monoisotopic (exact) mass is 507 g/mol. The molecule has 4 heterocycles. The van der Waals surface area contributed by atoms with Gasteiger partial charge in [-0.15, -0.1) is 0 Å². The number of piperazine rings is 1. The minimum Gasteiger partial charge on any atom is -0.497 e. The van der Waals surface area contributed by atoms with Crippen molar-refractivity contribution in [2.45, 2.75) is 6.92 Å². The minimum atomic E-state index is -0.205. The van der Waals surface area contributed by atoms with E-state index in [0.717, 1.165) is 30.1 Å². The summed E-state index contributed by atoms with van der Waals surface area (Å²) in [5.41, 5.74) is 2.85. The van der Waals surface area contributed by atoms with E-state index in [1.165, 1.54) is 16.7 Å². The largest absolute Gasteiger partial charge is 0.497 e. The van der Waals surface area contributed by atoms with Crippen LogP contribution in [0.1, 0.15) is 11.1 Å². The summed E-state index contributed by atoms with van der Waals surface area (Å²) in [6.07, 6.45) is 3.36. The Hall–Kier alpha value is -3.37. The predicted molar refractivity (Wildman–Crippen MR) is 145 cm³/mol. The highest BCUT2D eigenvalue weighted by atomic mass is 32.2. The van der Waals surface area contributed by atoms with Gasteiger partial charge in [0.25, 0.3) is 11.5 Å². The van der Waals surface area contributed by atoms with Gasteiger partial charge in [-0.05, 0) is 48.9 Å². The Balaban J connectivity index is 1.52. The fraction of sp³-hybridized carbons (Fsp3) is 0.280. The molecule has 0 bridgehead atoms. The van der Waals surface area contributed by atoms with Crippen LogP contribution in [0.2, 0.25) is 0 Å². The molecule has 0 radical (unpaired) electrons. The topological polar surface area (TPSA) is 70.4 Å². The second-order valence-corrected chi connectivity index (χ2v) is 10.1. The van der Waals surface area contributed by atoms with E-state index in [-0.39, 0.29) is 11.5 Å². The summed E-state index contributed by atoms with van der Waals surface area (Å²) in [6, 6.07) is 11.8. The van der Waals surface area contributed by atoms with Gasteiger partial charge in [0.15, 0.2) is 0 Å². The number of likely N-dealkylation sites (N-methyl/N-ethyl adjacent to an activating group) is 1. The lowest BCUT2D eigenvalue weighted by atomic mass is 10.2. The molecule has 8 nitrogen and oxygen atoms in total. The normalized spacial score (nSPS) is 17.7. The number of hydrogen-bond donors (Lipinski definition) is 0. The maximum atomic E-state index is 13.6. The molecular weight excluding hydrogens is 482 g/mol. The number of carbonyl (C=O) groups is 1. The molecule has 2 aromatic heterocycles. The van der Waals surface area contributed by atoms with Gasteiger partial charge in [0.1, 0.15) is 21.5 Å².